The molecule has 1 aliphatic heterocycles. The van der Waals surface area contributed by atoms with Crippen LogP contribution in [0.1, 0.15) is 38.2 Å². The first-order chi connectivity index (χ1) is 8.41. The fourth-order valence-corrected chi connectivity index (χ4v) is 2.91. The van der Waals surface area contributed by atoms with E-state index in [9.17, 15) is 8.42 Å². The van der Waals surface area contributed by atoms with Crippen molar-refractivity contribution in [1.82, 2.24) is 0 Å². The zero-order chi connectivity index (χ0) is 13.3. The van der Waals surface area contributed by atoms with E-state index < -0.39 is 9.84 Å². The SMILES string of the molecule is CCC(CC1OC1C)c1ccc(S(C)(=O)=O)cc1. The molecule has 100 valence electrons. The summed E-state index contributed by atoms with van der Waals surface area (Å²) >= 11 is 0. The van der Waals surface area contributed by atoms with Crippen molar-refractivity contribution in [1.29, 1.82) is 0 Å². The largest absolute Gasteiger partial charge is 0.370 e. The van der Waals surface area contributed by atoms with E-state index in [0.717, 1.165) is 12.8 Å². The van der Waals surface area contributed by atoms with Crippen LogP contribution in [0.3, 0.4) is 0 Å². The van der Waals surface area contributed by atoms with Gasteiger partial charge in [-0.15, -0.1) is 0 Å². The maximum absolute atomic E-state index is 11.4. The molecule has 3 nitrogen and oxygen atoms in total. The number of sulfone groups is 1. The highest BCUT2D eigenvalue weighted by atomic mass is 32.2. The molecule has 0 aromatic heterocycles. The molecule has 0 bridgehead atoms. The molecule has 2 rings (SSSR count). The summed E-state index contributed by atoms with van der Waals surface area (Å²) in [6.07, 6.45) is 4.07. The molecular formula is C14H20O3S. The monoisotopic (exact) mass is 268 g/mol. The third-order valence-corrected chi connectivity index (χ3v) is 4.75. The first-order valence-electron chi connectivity index (χ1n) is 6.37. The van der Waals surface area contributed by atoms with Gasteiger partial charge in [-0.3, -0.25) is 0 Å². The van der Waals surface area contributed by atoms with Crippen LogP contribution >= 0.6 is 0 Å². The smallest absolute Gasteiger partial charge is 0.175 e. The van der Waals surface area contributed by atoms with Crippen LogP contribution in [0, 0.1) is 0 Å². The Labute approximate surface area is 109 Å². The second-order valence-corrected chi connectivity index (χ2v) is 7.08. The molecule has 1 fully saturated rings. The highest BCUT2D eigenvalue weighted by Crippen LogP contribution is 2.34. The van der Waals surface area contributed by atoms with Crippen LogP contribution in [0.4, 0.5) is 0 Å². The van der Waals surface area contributed by atoms with E-state index in [1.807, 2.05) is 12.1 Å². The lowest BCUT2D eigenvalue weighted by atomic mass is 9.91. The van der Waals surface area contributed by atoms with E-state index in [-0.39, 0.29) is 0 Å². The Morgan fingerprint density at radius 2 is 1.83 bits per heavy atom. The van der Waals surface area contributed by atoms with Crippen LogP contribution in [0.25, 0.3) is 0 Å². The topological polar surface area (TPSA) is 46.7 Å². The normalized spacial score (nSPS) is 24.8. The molecule has 1 saturated heterocycles. The highest BCUT2D eigenvalue weighted by Gasteiger charge is 2.35. The molecule has 1 aromatic rings. The van der Waals surface area contributed by atoms with Crippen LogP contribution in [0.15, 0.2) is 29.2 Å². The molecule has 18 heavy (non-hydrogen) atoms. The molecule has 3 atom stereocenters. The summed E-state index contributed by atoms with van der Waals surface area (Å²) in [6, 6.07) is 7.25. The lowest BCUT2D eigenvalue weighted by molar-refractivity contribution is 0.357. The molecule has 3 unspecified atom stereocenters. The predicted octanol–water partition coefficient (Wildman–Crippen LogP) is 2.76. The second kappa shape index (κ2) is 5.02. The fraction of sp³-hybridized carbons (Fsp3) is 0.571. The predicted molar refractivity (Wildman–Crippen MR) is 71.5 cm³/mol. The Morgan fingerprint density at radius 3 is 2.22 bits per heavy atom. The van der Waals surface area contributed by atoms with Gasteiger partial charge >= 0.3 is 0 Å². The van der Waals surface area contributed by atoms with E-state index in [2.05, 4.69) is 13.8 Å². The van der Waals surface area contributed by atoms with Gasteiger partial charge in [0.05, 0.1) is 17.1 Å². The Balaban J connectivity index is 2.11. The summed E-state index contributed by atoms with van der Waals surface area (Å²) in [7, 11) is -3.10. The zero-order valence-corrected chi connectivity index (χ0v) is 11.9. The van der Waals surface area contributed by atoms with Gasteiger partial charge in [0.25, 0.3) is 0 Å². The average molecular weight is 268 g/mol. The molecule has 0 aliphatic carbocycles. The van der Waals surface area contributed by atoms with E-state index in [1.165, 1.54) is 11.8 Å². The lowest BCUT2D eigenvalue weighted by Crippen LogP contribution is -2.04. The molecule has 0 amide bonds. The first kappa shape index (κ1) is 13.6. The van der Waals surface area contributed by atoms with Crippen LogP contribution in [-0.2, 0) is 14.6 Å². The molecule has 4 heteroatoms. The van der Waals surface area contributed by atoms with Gasteiger partial charge < -0.3 is 4.74 Å². The fourth-order valence-electron chi connectivity index (χ4n) is 2.28. The lowest BCUT2D eigenvalue weighted by Gasteiger charge is -2.14. The van der Waals surface area contributed by atoms with Gasteiger partial charge in [0.15, 0.2) is 9.84 Å². The summed E-state index contributed by atoms with van der Waals surface area (Å²) in [4.78, 5) is 0.386. The van der Waals surface area contributed by atoms with Gasteiger partial charge in [-0.05, 0) is 43.4 Å². The summed E-state index contributed by atoms with van der Waals surface area (Å²) < 4.78 is 28.2. The number of hydrogen-bond acceptors (Lipinski definition) is 3. The van der Waals surface area contributed by atoms with Crippen LogP contribution < -0.4 is 0 Å². The third-order valence-electron chi connectivity index (χ3n) is 3.63. The van der Waals surface area contributed by atoms with Crippen LogP contribution in [0.5, 0.6) is 0 Å². The highest BCUT2D eigenvalue weighted by molar-refractivity contribution is 7.90. The molecule has 1 aliphatic rings. The minimum atomic E-state index is -3.10. The van der Waals surface area contributed by atoms with Gasteiger partial charge in [-0.25, -0.2) is 8.42 Å². The van der Waals surface area contributed by atoms with Crippen molar-refractivity contribution in [2.24, 2.45) is 0 Å². The molecule has 0 radical (unpaired) electrons. The maximum Gasteiger partial charge on any atom is 0.175 e. The first-order valence-corrected chi connectivity index (χ1v) is 8.26. The molecule has 0 N–H and O–H groups in total. The maximum atomic E-state index is 11.4. The van der Waals surface area contributed by atoms with Crippen molar-refractivity contribution < 1.29 is 13.2 Å². The van der Waals surface area contributed by atoms with Crippen molar-refractivity contribution in [3.8, 4) is 0 Å². The number of rotatable bonds is 5. The number of hydrogen-bond donors (Lipinski definition) is 0. The summed E-state index contributed by atoms with van der Waals surface area (Å²) in [5.74, 6) is 0.452. The number of epoxide rings is 1. The van der Waals surface area contributed by atoms with Crippen LogP contribution in [0.2, 0.25) is 0 Å². The number of ether oxygens (including phenoxy) is 1. The van der Waals surface area contributed by atoms with Crippen molar-refractivity contribution in [2.45, 2.75) is 49.7 Å². The van der Waals surface area contributed by atoms with Gasteiger partial charge in [-0.1, -0.05) is 19.1 Å². The molecule has 0 spiro atoms. The Kier molecular flexibility index (Phi) is 3.78. The average Bonchev–Trinajstić information content (AvgIpc) is 3.01. The van der Waals surface area contributed by atoms with E-state index in [4.69, 9.17) is 4.74 Å². The zero-order valence-electron chi connectivity index (χ0n) is 11.1. The Morgan fingerprint density at radius 1 is 1.28 bits per heavy atom. The summed E-state index contributed by atoms with van der Waals surface area (Å²) in [6.45, 7) is 4.24. The summed E-state index contributed by atoms with van der Waals surface area (Å²) in [5.41, 5.74) is 1.20. The molecule has 1 aromatic carbocycles. The van der Waals surface area contributed by atoms with Crippen molar-refractivity contribution >= 4 is 9.84 Å². The standard InChI is InChI=1S/C14H20O3S/c1-4-11(9-14-10(2)17-14)12-5-7-13(8-6-12)18(3,15)16/h5-8,10-11,14H,4,9H2,1-3H3. The quantitative estimate of drug-likeness (QED) is 0.771. The van der Waals surface area contributed by atoms with Crippen LogP contribution in [-0.4, -0.2) is 26.9 Å². The van der Waals surface area contributed by atoms with Gasteiger partial charge in [0.2, 0.25) is 0 Å². The van der Waals surface area contributed by atoms with Crippen molar-refractivity contribution in [3.63, 3.8) is 0 Å². The van der Waals surface area contributed by atoms with Gasteiger partial charge in [-0.2, -0.15) is 0 Å². The van der Waals surface area contributed by atoms with E-state index >= 15 is 0 Å². The Bertz CT molecular complexity index is 504. The molecule has 0 saturated carbocycles. The molecular weight excluding hydrogens is 248 g/mol. The van der Waals surface area contributed by atoms with Gasteiger partial charge in [0.1, 0.15) is 0 Å². The van der Waals surface area contributed by atoms with E-state index in [1.54, 1.807) is 12.1 Å². The minimum absolute atomic E-state index is 0.379. The second-order valence-electron chi connectivity index (χ2n) is 5.06. The summed E-state index contributed by atoms with van der Waals surface area (Å²) in [5, 5.41) is 0. The third kappa shape index (κ3) is 3.12. The van der Waals surface area contributed by atoms with Crippen molar-refractivity contribution in [2.75, 3.05) is 6.26 Å². The van der Waals surface area contributed by atoms with Crippen molar-refractivity contribution in [3.05, 3.63) is 29.8 Å². The minimum Gasteiger partial charge on any atom is -0.370 e. The van der Waals surface area contributed by atoms with E-state index in [0.29, 0.717) is 23.0 Å². The van der Waals surface area contributed by atoms with Gasteiger partial charge in [0, 0.05) is 6.26 Å². The molecule has 1 heterocycles. The number of benzene rings is 1. The Hall–Kier alpha value is -0.870.